The third-order valence-electron chi connectivity index (χ3n) is 3.44. The average molecular weight is 282 g/mol. The Morgan fingerprint density at radius 2 is 1.85 bits per heavy atom. The predicted molar refractivity (Wildman–Crippen MR) is 73.5 cm³/mol. The van der Waals surface area contributed by atoms with Crippen molar-refractivity contribution in [1.29, 1.82) is 0 Å². The SMILES string of the molecule is CC(C)CN1CCN(C(=O)c2cc(F)ccc2F)CC1. The second-order valence-corrected chi connectivity index (χ2v) is 5.61. The summed E-state index contributed by atoms with van der Waals surface area (Å²) in [7, 11) is 0. The van der Waals surface area contributed by atoms with E-state index < -0.39 is 17.5 Å². The minimum absolute atomic E-state index is 0.178. The first-order valence-corrected chi connectivity index (χ1v) is 6.94. The van der Waals surface area contributed by atoms with Gasteiger partial charge in [-0.2, -0.15) is 0 Å². The molecule has 1 saturated heterocycles. The number of hydrogen-bond donors (Lipinski definition) is 0. The highest BCUT2D eigenvalue weighted by Gasteiger charge is 2.24. The first kappa shape index (κ1) is 14.9. The Kier molecular flexibility index (Phi) is 4.70. The van der Waals surface area contributed by atoms with Gasteiger partial charge in [0.1, 0.15) is 11.6 Å². The maximum Gasteiger partial charge on any atom is 0.257 e. The standard InChI is InChI=1S/C15H20F2N2O/c1-11(2)10-18-5-7-19(8-6-18)15(20)13-9-12(16)3-4-14(13)17/h3-4,9,11H,5-8,10H2,1-2H3. The van der Waals surface area contributed by atoms with Crippen molar-refractivity contribution in [2.24, 2.45) is 5.92 Å². The smallest absolute Gasteiger partial charge is 0.257 e. The molecule has 0 aliphatic carbocycles. The van der Waals surface area contributed by atoms with Crippen molar-refractivity contribution in [3.05, 3.63) is 35.4 Å². The van der Waals surface area contributed by atoms with Crippen LogP contribution in [0.1, 0.15) is 24.2 Å². The van der Waals surface area contributed by atoms with E-state index in [1.165, 1.54) is 0 Å². The Labute approximate surface area is 118 Å². The molecule has 0 unspecified atom stereocenters. The summed E-state index contributed by atoms with van der Waals surface area (Å²) in [4.78, 5) is 16.1. The zero-order valence-corrected chi connectivity index (χ0v) is 11.9. The summed E-state index contributed by atoms with van der Waals surface area (Å²) in [5.41, 5.74) is -0.178. The molecule has 0 saturated carbocycles. The van der Waals surface area contributed by atoms with Crippen LogP contribution in [0.25, 0.3) is 0 Å². The third-order valence-corrected chi connectivity index (χ3v) is 3.44. The normalized spacial score (nSPS) is 16.8. The molecule has 0 N–H and O–H groups in total. The maximum atomic E-state index is 13.6. The van der Waals surface area contributed by atoms with E-state index >= 15 is 0 Å². The molecular weight excluding hydrogens is 262 g/mol. The van der Waals surface area contributed by atoms with E-state index in [1.807, 2.05) is 0 Å². The van der Waals surface area contributed by atoms with E-state index in [2.05, 4.69) is 18.7 Å². The number of nitrogens with zero attached hydrogens (tertiary/aromatic N) is 2. The van der Waals surface area contributed by atoms with Gasteiger partial charge in [-0.25, -0.2) is 8.78 Å². The Balaban J connectivity index is 2.00. The summed E-state index contributed by atoms with van der Waals surface area (Å²) < 4.78 is 26.7. The molecular formula is C15H20F2N2O. The fourth-order valence-electron chi connectivity index (χ4n) is 2.48. The summed E-state index contributed by atoms with van der Waals surface area (Å²) in [5.74, 6) is -1.10. The minimum atomic E-state index is -0.666. The van der Waals surface area contributed by atoms with Gasteiger partial charge in [-0.15, -0.1) is 0 Å². The van der Waals surface area contributed by atoms with Gasteiger partial charge in [-0.3, -0.25) is 9.69 Å². The molecule has 0 radical (unpaired) electrons. The molecule has 1 aromatic carbocycles. The fourth-order valence-corrected chi connectivity index (χ4v) is 2.48. The zero-order chi connectivity index (χ0) is 14.7. The molecule has 0 atom stereocenters. The van der Waals surface area contributed by atoms with Crippen LogP contribution in [0, 0.1) is 17.6 Å². The maximum absolute atomic E-state index is 13.6. The molecule has 20 heavy (non-hydrogen) atoms. The van der Waals surface area contributed by atoms with Crippen LogP contribution in [0.3, 0.4) is 0 Å². The summed E-state index contributed by atoms with van der Waals surface area (Å²) in [6.45, 7) is 7.97. The monoisotopic (exact) mass is 282 g/mol. The van der Waals surface area contributed by atoms with E-state index in [4.69, 9.17) is 0 Å². The highest BCUT2D eigenvalue weighted by atomic mass is 19.1. The van der Waals surface area contributed by atoms with Gasteiger partial charge in [0.05, 0.1) is 5.56 Å². The second kappa shape index (κ2) is 6.31. The topological polar surface area (TPSA) is 23.6 Å². The molecule has 3 nitrogen and oxygen atoms in total. The van der Waals surface area contributed by atoms with Gasteiger partial charge >= 0.3 is 0 Å². The molecule has 0 spiro atoms. The Bertz CT molecular complexity index is 483. The van der Waals surface area contributed by atoms with E-state index in [1.54, 1.807) is 4.90 Å². The van der Waals surface area contributed by atoms with Crippen LogP contribution >= 0.6 is 0 Å². The van der Waals surface area contributed by atoms with Gasteiger partial charge < -0.3 is 4.90 Å². The summed E-state index contributed by atoms with van der Waals surface area (Å²) >= 11 is 0. The fraction of sp³-hybridized carbons (Fsp3) is 0.533. The first-order valence-electron chi connectivity index (χ1n) is 6.94. The van der Waals surface area contributed by atoms with Gasteiger partial charge in [0.25, 0.3) is 5.91 Å². The molecule has 0 aromatic heterocycles. The lowest BCUT2D eigenvalue weighted by Crippen LogP contribution is -2.49. The second-order valence-electron chi connectivity index (χ2n) is 5.61. The molecule has 1 aliphatic heterocycles. The molecule has 1 fully saturated rings. The molecule has 1 amide bonds. The molecule has 1 heterocycles. The van der Waals surface area contributed by atoms with E-state index in [0.717, 1.165) is 37.8 Å². The predicted octanol–water partition coefficient (Wildman–Crippen LogP) is 2.38. The van der Waals surface area contributed by atoms with Crippen molar-refractivity contribution in [2.45, 2.75) is 13.8 Å². The third kappa shape index (κ3) is 3.54. The van der Waals surface area contributed by atoms with Gasteiger partial charge in [0.15, 0.2) is 0 Å². The number of carbonyl (C=O) groups is 1. The van der Waals surface area contributed by atoms with Gasteiger partial charge in [-0.05, 0) is 24.1 Å². The van der Waals surface area contributed by atoms with Crippen LogP contribution in [-0.2, 0) is 0 Å². The van der Waals surface area contributed by atoms with Crippen LogP contribution in [-0.4, -0.2) is 48.4 Å². The first-order chi connectivity index (χ1) is 9.47. The van der Waals surface area contributed by atoms with E-state index in [0.29, 0.717) is 19.0 Å². The van der Waals surface area contributed by atoms with Crippen LogP contribution < -0.4 is 0 Å². The Hall–Kier alpha value is -1.49. The number of halogens is 2. The summed E-state index contributed by atoms with van der Waals surface area (Å²) in [6.07, 6.45) is 0. The summed E-state index contributed by atoms with van der Waals surface area (Å²) in [5, 5.41) is 0. The van der Waals surface area contributed by atoms with Crippen molar-refractivity contribution < 1.29 is 13.6 Å². The van der Waals surface area contributed by atoms with E-state index in [-0.39, 0.29) is 5.56 Å². The van der Waals surface area contributed by atoms with Crippen molar-refractivity contribution >= 4 is 5.91 Å². The highest BCUT2D eigenvalue weighted by Crippen LogP contribution is 2.14. The number of hydrogen-bond acceptors (Lipinski definition) is 2. The largest absolute Gasteiger partial charge is 0.336 e. The Morgan fingerprint density at radius 1 is 1.20 bits per heavy atom. The van der Waals surface area contributed by atoms with Crippen LogP contribution in [0.5, 0.6) is 0 Å². The molecule has 1 aromatic rings. The number of piperazine rings is 1. The molecule has 5 heteroatoms. The van der Waals surface area contributed by atoms with Gasteiger partial charge in [0, 0.05) is 32.7 Å². The van der Waals surface area contributed by atoms with Gasteiger partial charge in [-0.1, -0.05) is 13.8 Å². The van der Waals surface area contributed by atoms with Crippen molar-refractivity contribution in [3.8, 4) is 0 Å². The average Bonchev–Trinajstić information content (AvgIpc) is 2.41. The lowest BCUT2D eigenvalue weighted by atomic mass is 10.1. The lowest BCUT2D eigenvalue weighted by molar-refractivity contribution is 0.0619. The number of benzene rings is 1. The van der Waals surface area contributed by atoms with Crippen LogP contribution in [0.2, 0.25) is 0 Å². The Morgan fingerprint density at radius 3 is 2.45 bits per heavy atom. The van der Waals surface area contributed by atoms with Crippen molar-refractivity contribution in [2.75, 3.05) is 32.7 Å². The number of carbonyl (C=O) groups excluding carboxylic acids is 1. The quantitative estimate of drug-likeness (QED) is 0.850. The molecule has 110 valence electrons. The minimum Gasteiger partial charge on any atom is -0.336 e. The van der Waals surface area contributed by atoms with Crippen LogP contribution in [0.4, 0.5) is 8.78 Å². The molecule has 0 bridgehead atoms. The number of rotatable bonds is 3. The molecule has 2 rings (SSSR count). The van der Waals surface area contributed by atoms with Crippen molar-refractivity contribution in [3.63, 3.8) is 0 Å². The highest BCUT2D eigenvalue weighted by molar-refractivity contribution is 5.94. The summed E-state index contributed by atoms with van der Waals surface area (Å²) in [6, 6.07) is 2.99. The van der Waals surface area contributed by atoms with Crippen molar-refractivity contribution in [1.82, 2.24) is 9.80 Å². The number of amides is 1. The molecule has 1 aliphatic rings. The lowest BCUT2D eigenvalue weighted by Gasteiger charge is -2.35. The van der Waals surface area contributed by atoms with E-state index in [9.17, 15) is 13.6 Å². The van der Waals surface area contributed by atoms with Gasteiger partial charge in [0.2, 0.25) is 0 Å². The van der Waals surface area contributed by atoms with Crippen LogP contribution in [0.15, 0.2) is 18.2 Å². The zero-order valence-electron chi connectivity index (χ0n) is 11.9.